The molecule has 1 unspecified atom stereocenters. The number of nitrogens with two attached hydrogens (primary N) is 1. The molecule has 0 fully saturated rings. The first-order valence-electron chi connectivity index (χ1n) is 10.0. The van der Waals surface area contributed by atoms with E-state index >= 15 is 0 Å². The van der Waals surface area contributed by atoms with Crippen LogP contribution >= 0.6 is 11.6 Å². The first-order chi connectivity index (χ1) is 14.8. The van der Waals surface area contributed by atoms with E-state index in [1.807, 2.05) is 39.0 Å². The van der Waals surface area contributed by atoms with Gasteiger partial charge in [-0.05, 0) is 36.1 Å². The number of carbonyl (C=O) groups is 2. The van der Waals surface area contributed by atoms with Crippen molar-refractivity contribution in [3.8, 4) is 11.1 Å². The highest BCUT2D eigenvalue weighted by molar-refractivity contribution is 6.30. The molecule has 0 aliphatic rings. The van der Waals surface area contributed by atoms with E-state index in [0.29, 0.717) is 28.1 Å². The Morgan fingerprint density at radius 2 is 1.90 bits per heavy atom. The summed E-state index contributed by atoms with van der Waals surface area (Å²) in [5, 5.41) is 3.69. The van der Waals surface area contributed by atoms with Crippen molar-refractivity contribution in [2.24, 2.45) is 5.73 Å². The summed E-state index contributed by atoms with van der Waals surface area (Å²) >= 11 is 6.10. The van der Waals surface area contributed by atoms with Crippen molar-refractivity contribution < 1.29 is 14.0 Å². The van der Waals surface area contributed by atoms with Gasteiger partial charge in [-0.3, -0.25) is 9.59 Å². The minimum absolute atomic E-state index is 0.117. The van der Waals surface area contributed by atoms with Crippen LogP contribution in [0.1, 0.15) is 60.8 Å². The molecule has 0 aliphatic carbocycles. The predicted octanol–water partition coefficient (Wildman–Crippen LogP) is 5.58. The Kier molecular flexibility index (Phi) is 8.82. The number of hydrogen-bond donors (Lipinski definition) is 3. The highest BCUT2D eigenvalue weighted by Crippen LogP contribution is 2.34. The molecule has 0 aliphatic heterocycles. The Hall–Kier alpha value is -3.12. The van der Waals surface area contributed by atoms with E-state index in [4.69, 9.17) is 16.4 Å². The van der Waals surface area contributed by atoms with Crippen LogP contribution in [0.2, 0.25) is 5.02 Å². The second-order valence-electron chi connectivity index (χ2n) is 7.25. The lowest BCUT2D eigenvalue weighted by molar-refractivity contribution is -0.106. The third kappa shape index (κ3) is 5.95. The summed E-state index contributed by atoms with van der Waals surface area (Å²) in [4.78, 5) is 24.9. The van der Waals surface area contributed by atoms with Crippen LogP contribution in [-0.4, -0.2) is 17.3 Å². The highest BCUT2D eigenvalue weighted by Gasteiger charge is 2.24. The maximum absolute atomic E-state index is 14.5. The van der Waals surface area contributed by atoms with E-state index in [1.54, 1.807) is 30.5 Å². The summed E-state index contributed by atoms with van der Waals surface area (Å²) in [6.45, 7) is 6.03. The molecule has 0 spiro atoms. The van der Waals surface area contributed by atoms with Crippen LogP contribution < -0.4 is 11.1 Å². The third-order valence-electron chi connectivity index (χ3n) is 4.84. The third-order valence-corrected chi connectivity index (χ3v) is 5.08. The summed E-state index contributed by atoms with van der Waals surface area (Å²) in [5.41, 5.74) is 7.43. The average Bonchev–Trinajstić information content (AvgIpc) is 3.18. The monoisotopic (exact) mass is 443 g/mol. The molecule has 7 heteroatoms. The van der Waals surface area contributed by atoms with Crippen molar-refractivity contribution in [2.75, 3.05) is 0 Å². The molecule has 2 amide bonds. The molecule has 3 aromatic rings. The SMILES string of the molecule is CCC(NC(=O)c1c[nH]c(C(C)C)c1-c1ccccc1F)c1cccc(Cl)c1.NC=O. The fraction of sp³-hybridized carbons (Fsp3) is 0.250. The quantitative estimate of drug-likeness (QED) is 0.434. The number of halogens is 2. The van der Waals surface area contributed by atoms with Crippen molar-refractivity contribution in [3.63, 3.8) is 0 Å². The second-order valence-corrected chi connectivity index (χ2v) is 7.69. The number of primary amides is 1. The van der Waals surface area contributed by atoms with E-state index in [9.17, 15) is 9.18 Å². The highest BCUT2D eigenvalue weighted by atomic mass is 35.5. The molecule has 1 atom stereocenters. The minimum atomic E-state index is -0.347. The Balaban J connectivity index is 0.00000107. The van der Waals surface area contributed by atoms with Crippen LogP contribution in [0.3, 0.4) is 0 Å². The predicted molar refractivity (Wildman–Crippen MR) is 122 cm³/mol. The molecule has 4 N–H and O–H groups in total. The number of nitrogens with one attached hydrogen (secondary N) is 2. The zero-order valence-electron chi connectivity index (χ0n) is 17.8. The summed E-state index contributed by atoms with van der Waals surface area (Å²) < 4.78 is 14.5. The van der Waals surface area contributed by atoms with Gasteiger partial charge in [0.2, 0.25) is 6.41 Å². The first-order valence-corrected chi connectivity index (χ1v) is 10.4. The van der Waals surface area contributed by atoms with Gasteiger partial charge in [0.25, 0.3) is 5.91 Å². The molecule has 2 aromatic carbocycles. The van der Waals surface area contributed by atoms with Crippen molar-refractivity contribution in [3.05, 3.63) is 82.4 Å². The molecular weight excluding hydrogens is 417 g/mol. The normalized spacial score (nSPS) is 11.4. The van der Waals surface area contributed by atoms with Gasteiger partial charge in [0.15, 0.2) is 0 Å². The molecule has 5 nitrogen and oxygen atoms in total. The fourth-order valence-electron chi connectivity index (χ4n) is 3.41. The van der Waals surface area contributed by atoms with Gasteiger partial charge < -0.3 is 16.0 Å². The minimum Gasteiger partial charge on any atom is -0.372 e. The van der Waals surface area contributed by atoms with Crippen LogP contribution in [0.5, 0.6) is 0 Å². The number of rotatable bonds is 6. The standard InChI is InChI=1S/C23H24ClFN2O.CH3NO/c1-4-20(15-8-7-9-16(24)12-15)27-23(28)18-13-26-22(14(2)3)21(18)17-10-5-6-11-19(17)25;2-1-3/h5-14,20,26H,4H2,1-3H3,(H,27,28);1H,(H2,2,3). The molecule has 1 aromatic heterocycles. The van der Waals surface area contributed by atoms with Gasteiger partial charge in [0.05, 0.1) is 11.6 Å². The van der Waals surface area contributed by atoms with Crippen molar-refractivity contribution in [2.45, 2.75) is 39.2 Å². The zero-order chi connectivity index (χ0) is 23.0. The van der Waals surface area contributed by atoms with Crippen molar-refractivity contribution in [1.82, 2.24) is 10.3 Å². The summed E-state index contributed by atoms with van der Waals surface area (Å²) in [5.74, 6) is -0.473. The Morgan fingerprint density at radius 1 is 1.23 bits per heavy atom. The molecule has 0 saturated heterocycles. The molecular formula is C24H27ClFN3O2. The molecule has 31 heavy (non-hydrogen) atoms. The van der Waals surface area contributed by atoms with Crippen molar-refractivity contribution in [1.29, 1.82) is 0 Å². The van der Waals surface area contributed by atoms with Crippen molar-refractivity contribution >= 4 is 23.9 Å². The lowest BCUT2D eigenvalue weighted by Gasteiger charge is -2.18. The maximum atomic E-state index is 14.5. The number of carbonyl (C=O) groups excluding carboxylic acids is 2. The lowest BCUT2D eigenvalue weighted by atomic mass is 9.95. The Labute approximate surface area is 186 Å². The lowest BCUT2D eigenvalue weighted by Crippen LogP contribution is -2.28. The summed E-state index contributed by atoms with van der Waals surface area (Å²) in [6.07, 6.45) is 2.62. The van der Waals surface area contributed by atoms with Gasteiger partial charge in [0, 0.05) is 28.0 Å². The van der Waals surface area contributed by atoms with E-state index in [0.717, 1.165) is 11.3 Å². The van der Waals surface area contributed by atoms with Crippen LogP contribution in [0.4, 0.5) is 4.39 Å². The Bertz CT molecular complexity index is 1030. The molecule has 0 radical (unpaired) electrons. The first kappa shape index (κ1) is 24.2. The number of benzene rings is 2. The topological polar surface area (TPSA) is 88.0 Å². The largest absolute Gasteiger partial charge is 0.372 e. The summed E-state index contributed by atoms with van der Waals surface area (Å²) in [6, 6.07) is 13.8. The zero-order valence-corrected chi connectivity index (χ0v) is 18.5. The Morgan fingerprint density at radius 3 is 2.48 bits per heavy atom. The summed E-state index contributed by atoms with van der Waals surface area (Å²) in [7, 11) is 0. The van der Waals surface area contributed by atoms with E-state index in [1.165, 1.54) is 6.07 Å². The molecule has 1 heterocycles. The number of amides is 2. The molecule has 0 saturated carbocycles. The van der Waals surface area contributed by atoms with Gasteiger partial charge in [-0.15, -0.1) is 0 Å². The number of hydrogen-bond acceptors (Lipinski definition) is 2. The van der Waals surface area contributed by atoms with Gasteiger partial charge in [-0.1, -0.05) is 62.7 Å². The van der Waals surface area contributed by atoms with E-state index in [2.05, 4.69) is 16.0 Å². The smallest absolute Gasteiger partial charge is 0.253 e. The number of aromatic nitrogens is 1. The number of aromatic amines is 1. The van der Waals surface area contributed by atoms with E-state index in [-0.39, 0.29) is 30.1 Å². The van der Waals surface area contributed by atoms with Gasteiger partial charge in [0.1, 0.15) is 5.82 Å². The molecule has 164 valence electrons. The fourth-order valence-corrected chi connectivity index (χ4v) is 3.61. The second kappa shape index (κ2) is 11.3. The van der Waals surface area contributed by atoms with Crippen LogP contribution in [0.25, 0.3) is 11.1 Å². The molecule has 0 bridgehead atoms. The molecule has 3 rings (SSSR count). The average molecular weight is 444 g/mol. The van der Waals surface area contributed by atoms with Crippen LogP contribution in [-0.2, 0) is 4.79 Å². The van der Waals surface area contributed by atoms with Gasteiger partial charge >= 0.3 is 0 Å². The number of H-pyrrole nitrogens is 1. The van der Waals surface area contributed by atoms with Crippen LogP contribution in [0, 0.1) is 5.82 Å². The maximum Gasteiger partial charge on any atom is 0.253 e. The van der Waals surface area contributed by atoms with Gasteiger partial charge in [-0.25, -0.2) is 4.39 Å². The van der Waals surface area contributed by atoms with E-state index < -0.39 is 0 Å². The van der Waals surface area contributed by atoms with Gasteiger partial charge in [-0.2, -0.15) is 0 Å². The van der Waals surface area contributed by atoms with Crippen LogP contribution in [0.15, 0.2) is 54.7 Å².